The Balaban J connectivity index is 2.00. The SMILES string of the molecule is O=Cc1ccc(/C=C/c2ccc(NCCO)cc2)s1. The lowest BCUT2D eigenvalue weighted by atomic mass is 10.2. The van der Waals surface area contributed by atoms with Crippen LogP contribution in [-0.2, 0) is 0 Å². The van der Waals surface area contributed by atoms with Crippen LogP contribution in [-0.4, -0.2) is 24.5 Å². The molecule has 0 spiro atoms. The van der Waals surface area contributed by atoms with Crippen LogP contribution < -0.4 is 5.32 Å². The summed E-state index contributed by atoms with van der Waals surface area (Å²) in [4.78, 5) is 12.4. The summed E-state index contributed by atoms with van der Waals surface area (Å²) in [5, 5.41) is 11.8. The van der Waals surface area contributed by atoms with E-state index in [0.29, 0.717) is 6.54 Å². The number of rotatable bonds is 6. The normalized spacial score (nSPS) is 10.8. The molecule has 98 valence electrons. The molecule has 3 nitrogen and oxygen atoms in total. The second kappa shape index (κ2) is 6.87. The number of aliphatic hydroxyl groups excluding tert-OH is 1. The van der Waals surface area contributed by atoms with Crippen molar-refractivity contribution in [3.63, 3.8) is 0 Å². The Morgan fingerprint density at radius 2 is 1.79 bits per heavy atom. The lowest BCUT2D eigenvalue weighted by molar-refractivity contribution is 0.112. The summed E-state index contributed by atoms with van der Waals surface area (Å²) < 4.78 is 0. The monoisotopic (exact) mass is 273 g/mol. The Hall–Kier alpha value is -1.91. The summed E-state index contributed by atoms with van der Waals surface area (Å²) in [6.45, 7) is 0.679. The number of aliphatic hydroxyl groups is 1. The van der Waals surface area contributed by atoms with Crippen molar-refractivity contribution in [1.29, 1.82) is 0 Å². The molecule has 0 radical (unpaired) electrons. The maximum Gasteiger partial charge on any atom is 0.160 e. The van der Waals surface area contributed by atoms with Crippen LogP contribution in [0, 0.1) is 0 Å². The van der Waals surface area contributed by atoms with Gasteiger partial charge in [-0.3, -0.25) is 4.79 Å². The number of carbonyl (C=O) groups excluding carboxylic acids is 1. The number of anilines is 1. The lowest BCUT2D eigenvalue weighted by Gasteiger charge is -2.03. The Labute approximate surface area is 116 Å². The van der Waals surface area contributed by atoms with Crippen molar-refractivity contribution in [3.05, 3.63) is 51.7 Å². The summed E-state index contributed by atoms with van der Waals surface area (Å²) >= 11 is 1.47. The van der Waals surface area contributed by atoms with Gasteiger partial charge in [0.25, 0.3) is 0 Å². The van der Waals surface area contributed by atoms with Gasteiger partial charge < -0.3 is 10.4 Å². The molecule has 2 aromatic rings. The summed E-state index contributed by atoms with van der Waals surface area (Å²) in [6.07, 6.45) is 4.87. The van der Waals surface area contributed by atoms with Gasteiger partial charge in [0.2, 0.25) is 0 Å². The van der Waals surface area contributed by atoms with E-state index in [0.717, 1.165) is 27.3 Å². The van der Waals surface area contributed by atoms with E-state index >= 15 is 0 Å². The third-order valence-electron chi connectivity index (χ3n) is 2.56. The van der Waals surface area contributed by atoms with E-state index in [1.807, 2.05) is 48.6 Å². The Morgan fingerprint density at radius 3 is 2.42 bits per heavy atom. The van der Waals surface area contributed by atoms with Crippen molar-refractivity contribution >= 4 is 35.5 Å². The maximum absolute atomic E-state index is 10.6. The highest BCUT2D eigenvalue weighted by Gasteiger charge is 1.95. The third kappa shape index (κ3) is 4.05. The number of nitrogens with one attached hydrogen (secondary N) is 1. The minimum atomic E-state index is 0.124. The van der Waals surface area contributed by atoms with E-state index in [-0.39, 0.29) is 6.61 Å². The highest BCUT2D eigenvalue weighted by atomic mass is 32.1. The number of hydrogen-bond acceptors (Lipinski definition) is 4. The van der Waals surface area contributed by atoms with Crippen molar-refractivity contribution in [2.75, 3.05) is 18.5 Å². The van der Waals surface area contributed by atoms with E-state index in [4.69, 9.17) is 5.11 Å². The quantitative estimate of drug-likeness (QED) is 0.795. The van der Waals surface area contributed by atoms with Gasteiger partial charge in [0, 0.05) is 17.1 Å². The first-order valence-electron chi connectivity index (χ1n) is 6.00. The molecule has 0 saturated carbocycles. The van der Waals surface area contributed by atoms with Gasteiger partial charge in [-0.25, -0.2) is 0 Å². The Morgan fingerprint density at radius 1 is 1.05 bits per heavy atom. The molecule has 4 heteroatoms. The fraction of sp³-hybridized carbons (Fsp3) is 0.133. The second-order valence-corrected chi connectivity index (χ2v) is 5.11. The van der Waals surface area contributed by atoms with Crippen LogP contribution in [0.1, 0.15) is 20.1 Å². The van der Waals surface area contributed by atoms with E-state index in [1.165, 1.54) is 11.3 Å². The van der Waals surface area contributed by atoms with Gasteiger partial charge in [0.15, 0.2) is 6.29 Å². The van der Waals surface area contributed by atoms with Crippen LogP contribution in [0.25, 0.3) is 12.2 Å². The molecule has 19 heavy (non-hydrogen) atoms. The van der Waals surface area contributed by atoms with Crippen molar-refractivity contribution in [3.8, 4) is 0 Å². The molecule has 1 aromatic carbocycles. The fourth-order valence-electron chi connectivity index (χ4n) is 1.61. The second-order valence-electron chi connectivity index (χ2n) is 3.96. The lowest BCUT2D eigenvalue weighted by Crippen LogP contribution is -2.04. The molecule has 0 aliphatic carbocycles. The van der Waals surface area contributed by atoms with Crippen LogP contribution >= 0.6 is 11.3 Å². The van der Waals surface area contributed by atoms with Gasteiger partial charge in [-0.1, -0.05) is 18.2 Å². The van der Waals surface area contributed by atoms with E-state index < -0.39 is 0 Å². The molecule has 0 saturated heterocycles. The van der Waals surface area contributed by atoms with Gasteiger partial charge in [-0.05, 0) is 35.9 Å². The first-order valence-corrected chi connectivity index (χ1v) is 6.81. The molecule has 0 atom stereocenters. The average molecular weight is 273 g/mol. The average Bonchev–Trinajstić information content (AvgIpc) is 2.92. The van der Waals surface area contributed by atoms with Crippen molar-refractivity contribution in [2.45, 2.75) is 0 Å². The molecule has 1 heterocycles. The number of carbonyl (C=O) groups is 1. The molecule has 2 rings (SSSR count). The highest BCUT2D eigenvalue weighted by molar-refractivity contribution is 7.14. The molecule has 0 fully saturated rings. The predicted octanol–water partition coefficient (Wildman–Crippen LogP) is 3.14. The summed E-state index contributed by atoms with van der Waals surface area (Å²) in [5.41, 5.74) is 2.08. The van der Waals surface area contributed by atoms with E-state index in [1.54, 1.807) is 0 Å². The van der Waals surface area contributed by atoms with Crippen LogP contribution in [0.2, 0.25) is 0 Å². The third-order valence-corrected chi connectivity index (χ3v) is 3.53. The zero-order valence-corrected chi connectivity index (χ0v) is 11.2. The van der Waals surface area contributed by atoms with Crippen LogP contribution in [0.15, 0.2) is 36.4 Å². The van der Waals surface area contributed by atoms with Crippen LogP contribution in [0.3, 0.4) is 0 Å². The molecular formula is C15H15NO2S. The van der Waals surface area contributed by atoms with Gasteiger partial charge in [-0.15, -0.1) is 11.3 Å². The zero-order valence-electron chi connectivity index (χ0n) is 10.4. The zero-order chi connectivity index (χ0) is 13.5. The van der Waals surface area contributed by atoms with Crippen LogP contribution in [0.5, 0.6) is 0 Å². The molecule has 0 bridgehead atoms. The van der Waals surface area contributed by atoms with Crippen molar-refractivity contribution in [2.24, 2.45) is 0 Å². The van der Waals surface area contributed by atoms with E-state index in [9.17, 15) is 4.79 Å². The molecule has 1 aromatic heterocycles. The van der Waals surface area contributed by atoms with Gasteiger partial charge in [0.05, 0.1) is 11.5 Å². The smallest absolute Gasteiger partial charge is 0.160 e. The molecule has 2 N–H and O–H groups in total. The van der Waals surface area contributed by atoms with Crippen molar-refractivity contribution < 1.29 is 9.90 Å². The number of hydrogen-bond donors (Lipinski definition) is 2. The minimum absolute atomic E-state index is 0.124. The maximum atomic E-state index is 10.6. The number of thiophene rings is 1. The van der Waals surface area contributed by atoms with Gasteiger partial charge >= 0.3 is 0 Å². The molecule has 0 amide bonds. The number of benzene rings is 1. The first kappa shape index (κ1) is 13.5. The minimum Gasteiger partial charge on any atom is -0.395 e. The topological polar surface area (TPSA) is 49.3 Å². The van der Waals surface area contributed by atoms with Gasteiger partial charge in [0.1, 0.15) is 0 Å². The summed E-state index contributed by atoms with van der Waals surface area (Å²) in [5.74, 6) is 0. The standard InChI is InChI=1S/C15H15NO2S/c17-10-9-16-13-4-1-12(2-5-13)3-6-14-7-8-15(11-18)19-14/h1-8,11,16-17H,9-10H2/b6-3+. The number of aldehydes is 1. The van der Waals surface area contributed by atoms with Crippen molar-refractivity contribution in [1.82, 2.24) is 0 Å². The Kier molecular flexibility index (Phi) is 4.89. The molecule has 0 aliphatic heterocycles. The first-order chi connectivity index (χ1) is 9.31. The fourth-order valence-corrected chi connectivity index (χ4v) is 2.34. The summed E-state index contributed by atoms with van der Waals surface area (Å²) in [6, 6.07) is 11.7. The van der Waals surface area contributed by atoms with Gasteiger partial charge in [-0.2, -0.15) is 0 Å². The largest absolute Gasteiger partial charge is 0.395 e. The Bertz CT molecular complexity index is 558. The van der Waals surface area contributed by atoms with Crippen LogP contribution in [0.4, 0.5) is 5.69 Å². The molecule has 0 aliphatic rings. The molecule has 0 unspecified atom stereocenters. The summed E-state index contributed by atoms with van der Waals surface area (Å²) in [7, 11) is 0. The highest BCUT2D eigenvalue weighted by Crippen LogP contribution is 2.18. The molecular weight excluding hydrogens is 258 g/mol. The predicted molar refractivity (Wildman–Crippen MR) is 80.7 cm³/mol. The van der Waals surface area contributed by atoms with E-state index in [2.05, 4.69) is 5.32 Å².